The number of nitrogens with zero attached hydrogens (tertiary/aromatic N) is 2. The number of rotatable bonds is 3. The number of benzene rings is 1. The van der Waals surface area contributed by atoms with Crippen molar-refractivity contribution in [2.24, 2.45) is 5.73 Å². The summed E-state index contributed by atoms with van der Waals surface area (Å²) in [5.41, 5.74) is 7.34. The molecule has 5 heteroatoms. The van der Waals surface area contributed by atoms with E-state index >= 15 is 0 Å². The van der Waals surface area contributed by atoms with Crippen LogP contribution >= 0.6 is 11.6 Å². The fourth-order valence-electron chi connectivity index (χ4n) is 3.67. The molecule has 2 aliphatic heterocycles. The summed E-state index contributed by atoms with van der Waals surface area (Å²) in [4.78, 5) is 16.2. The van der Waals surface area contributed by atoms with Gasteiger partial charge in [0.25, 0.3) is 0 Å². The van der Waals surface area contributed by atoms with Gasteiger partial charge in [-0.25, -0.2) is 0 Å². The lowest BCUT2D eigenvalue weighted by molar-refractivity contribution is -0.131. The minimum Gasteiger partial charge on any atom is -0.337 e. The van der Waals surface area contributed by atoms with E-state index in [4.69, 9.17) is 17.3 Å². The van der Waals surface area contributed by atoms with Gasteiger partial charge in [0.05, 0.1) is 6.04 Å². The van der Waals surface area contributed by atoms with Crippen molar-refractivity contribution < 1.29 is 4.79 Å². The largest absolute Gasteiger partial charge is 0.337 e. The summed E-state index contributed by atoms with van der Waals surface area (Å²) in [6.07, 6.45) is 1.65. The van der Waals surface area contributed by atoms with E-state index in [2.05, 4.69) is 11.0 Å². The van der Waals surface area contributed by atoms with Gasteiger partial charge in [-0.1, -0.05) is 29.8 Å². The molecule has 1 aromatic rings. The summed E-state index contributed by atoms with van der Waals surface area (Å²) >= 11 is 6.37. The number of halogens is 1. The number of hydrogen-bond acceptors (Lipinski definition) is 3. The van der Waals surface area contributed by atoms with Crippen molar-refractivity contribution in [1.29, 1.82) is 0 Å². The molecule has 21 heavy (non-hydrogen) atoms. The van der Waals surface area contributed by atoms with E-state index in [1.165, 1.54) is 0 Å². The van der Waals surface area contributed by atoms with Crippen LogP contribution in [-0.2, 0) is 4.79 Å². The van der Waals surface area contributed by atoms with Crippen molar-refractivity contribution in [3.05, 3.63) is 34.9 Å². The molecule has 2 aliphatic rings. The molecule has 0 bridgehead atoms. The standard InChI is InChI=1S/C16H22ClN3O/c1-11(18)16(13-4-2-3-5-14(13)17)19-8-9-20-12(10-19)6-7-15(20)21/h2-5,11-12,16H,6-10,18H2,1H3. The number of hydrogen-bond donors (Lipinski definition) is 1. The monoisotopic (exact) mass is 307 g/mol. The Morgan fingerprint density at radius 2 is 2.10 bits per heavy atom. The zero-order valence-corrected chi connectivity index (χ0v) is 13.1. The molecule has 0 saturated carbocycles. The van der Waals surface area contributed by atoms with Gasteiger partial charge in [-0.15, -0.1) is 0 Å². The number of carbonyl (C=O) groups is 1. The lowest BCUT2D eigenvalue weighted by Crippen LogP contribution is -2.54. The fourth-order valence-corrected chi connectivity index (χ4v) is 3.92. The summed E-state index contributed by atoms with van der Waals surface area (Å²) in [6, 6.07) is 8.37. The topological polar surface area (TPSA) is 49.6 Å². The van der Waals surface area contributed by atoms with E-state index in [1.54, 1.807) is 0 Å². The predicted molar refractivity (Wildman–Crippen MR) is 84.2 cm³/mol. The fraction of sp³-hybridized carbons (Fsp3) is 0.562. The highest BCUT2D eigenvalue weighted by atomic mass is 35.5. The summed E-state index contributed by atoms with van der Waals surface area (Å²) in [5.74, 6) is 0.301. The van der Waals surface area contributed by atoms with E-state index in [9.17, 15) is 4.79 Å². The van der Waals surface area contributed by atoms with Gasteiger partial charge in [0, 0.05) is 43.2 Å². The molecule has 2 N–H and O–H groups in total. The van der Waals surface area contributed by atoms with Gasteiger partial charge in [0.1, 0.15) is 0 Å². The lowest BCUT2D eigenvalue weighted by Gasteiger charge is -2.43. The Hall–Kier alpha value is -1.10. The molecule has 114 valence electrons. The molecule has 2 fully saturated rings. The Labute approximate surface area is 130 Å². The van der Waals surface area contributed by atoms with Gasteiger partial charge in [-0.3, -0.25) is 9.69 Å². The van der Waals surface area contributed by atoms with Gasteiger partial charge in [0.15, 0.2) is 0 Å². The van der Waals surface area contributed by atoms with E-state index in [0.29, 0.717) is 18.4 Å². The molecule has 0 aromatic heterocycles. The van der Waals surface area contributed by atoms with Gasteiger partial charge < -0.3 is 10.6 Å². The summed E-state index contributed by atoms with van der Waals surface area (Å²) in [6.45, 7) is 4.58. The smallest absolute Gasteiger partial charge is 0.222 e. The Kier molecular flexibility index (Phi) is 4.20. The maximum atomic E-state index is 11.8. The maximum absolute atomic E-state index is 11.8. The summed E-state index contributed by atoms with van der Waals surface area (Å²) in [5, 5.41) is 0.768. The molecule has 3 rings (SSSR count). The van der Waals surface area contributed by atoms with Crippen LogP contribution in [0.3, 0.4) is 0 Å². The van der Waals surface area contributed by atoms with Crippen molar-refractivity contribution in [3.8, 4) is 0 Å². The second-order valence-electron chi connectivity index (χ2n) is 6.10. The highest BCUT2D eigenvalue weighted by Gasteiger charge is 2.38. The van der Waals surface area contributed by atoms with Crippen molar-refractivity contribution in [2.45, 2.75) is 37.9 Å². The van der Waals surface area contributed by atoms with Gasteiger partial charge in [0.2, 0.25) is 5.91 Å². The van der Waals surface area contributed by atoms with Crippen molar-refractivity contribution in [2.75, 3.05) is 19.6 Å². The number of piperazine rings is 1. The minimum atomic E-state index is -0.00597. The summed E-state index contributed by atoms with van der Waals surface area (Å²) in [7, 11) is 0. The third-order valence-electron chi connectivity index (χ3n) is 4.64. The van der Waals surface area contributed by atoms with E-state index < -0.39 is 0 Å². The van der Waals surface area contributed by atoms with Crippen molar-refractivity contribution in [1.82, 2.24) is 9.80 Å². The normalized spacial score (nSPS) is 25.8. The van der Waals surface area contributed by atoms with Crippen LogP contribution in [0.15, 0.2) is 24.3 Å². The maximum Gasteiger partial charge on any atom is 0.222 e. The van der Waals surface area contributed by atoms with E-state index in [-0.39, 0.29) is 12.1 Å². The minimum absolute atomic E-state index is 0.00597. The molecule has 1 aromatic carbocycles. The highest BCUT2D eigenvalue weighted by Crippen LogP contribution is 2.33. The number of fused-ring (bicyclic) bond motifs is 1. The molecule has 4 nitrogen and oxygen atoms in total. The van der Waals surface area contributed by atoms with Crippen LogP contribution in [-0.4, -0.2) is 47.4 Å². The Morgan fingerprint density at radius 1 is 1.33 bits per heavy atom. The Balaban J connectivity index is 1.83. The van der Waals surface area contributed by atoms with Crippen molar-refractivity contribution >= 4 is 17.5 Å². The zero-order chi connectivity index (χ0) is 15.0. The number of amides is 1. The Morgan fingerprint density at radius 3 is 2.81 bits per heavy atom. The molecule has 2 saturated heterocycles. The molecule has 3 atom stereocenters. The first kappa shape index (κ1) is 14.8. The zero-order valence-electron chi connectivity index (χ0n) is 12.3. The van der Waals surface area contributed by atoms with Crippen LogP contribution in [0.4, 0.5) is 0 Å². The first-order chi connectivity index (χ1) is 10.1. The summed E-state index contributed by atoms with van der Waals surface area (Å²) < 4.78 is 0. The van der Waals surface area contributed by atoms with Crippen LogP contribution in [0.25, 0.3) is 0 Å². The third-order valence-corrected chi connectivity index (χ3v) is 4.99. The molecule has 2 heterocycles. The van der Waals surface area contributed by atoms with E-state index in [1.807, 2.05) is 30.0 Å². The van der Waals surface area contributed by atoms with Crippen molar-refractivity contribution in [3.63, 3.8) is 0 Å². The molecule has 1 amide bonds. The van der Waals surface area contributed by atoms with Crippen LogP contribution in [0.2, 0.25) is 5.02 Å². The molecular formula is C16H22ClN3O. The van der Waals surface area contributed by atoms with E-state index in [0.717, 1.165) is 36.6 Å². The van der Waals surface area contributed by atoms with Gasteiger partial charge in [-0.2, -0.15) is 0 Å². The second kappa shape index (κ2) is 5.95. The van der Waals surface area contributed by atoms with Crippen LogP contribution in [0.5, 0.6) is 0 Å². The molecule has 0 aliphatic carbocycles. The quantitative estimate of drug-likeness (QED) is 0.929. The average Bonchev–Trinajstić information content (AvgIpc) is 2.82. The predicted octanol–water partition coefficient (Wildman–Crippen LogP) is 2.03. The van der Waals surface area contributed by atoms with Crippen LogP contribution in [0, 0.1) is 0 Å². The first-order valence-electron chi connectivity index (χ1n) is 7.61. The molecule has 3 unspecified atom stereocenters. The van der Waals surface area contributed by atoms with Gasteiger partial charge >= 0.3 is 0 Å². The average molecular weight is 308 g/mol. The second-order valence-corrected chi connectivity index (χ2v) is 6.51. The SMILES string of the molecule is CC(N)C(c1ccccc1Cl)N1CCN2C(=O)CCC2C1. The van der Waals surface area contributed by atoms with Crippen LogP contribution < -0.4 is 5.73 Å². The number of carbonyl (C=O) groups excluding carboxylic acids is 1. The number of nitrogens with two attached hydrogens (primary N) is 1. The lowest BCUT2D eigenvalue weighted by atomic mass is 9.97. The van der Waals surface area contributed by atoms with Gasteiger partial charge in [-0.05, 0) is 25.0 Å². The molecular weight excluding hydrogens is 286 g/mol. The molecule has 0 radical (unpaired) electrons. The first-order valence-corrected chi connectivity index (χ1v) is 7.99. The Bertz CT molecular complexity index is 534. The third kappa shape index (κ3) is 2.80. The molecule has 0 spiro atoms. The highest BCUT2D eigenvalue weighted by molar-refractivity contribution is 6.31. The van der Waals surface area contributed by atoms with Crippen LogP contribution in [0.1, 0.15) is 31.4 Å².